The Bertz CT molecular complexity index is 719. The van der Waals surface area contributed by atoms with E-state index in [0.29, 0.717) is 5.75 Å². The Morgan fingerprint density at radius 2 is 1.61 bits per heavy atom. The molecule has 0 spiro atoms. The lowest BCUT2D eigenvalue weighted by Gasteiger charge is -2.15. The molecular formula is C18H22O4S. The predicted molar refractivity (Wildman–Crippen MR) is 91.4 cm³/mol. The Kier molecular flexibility index (Phi) is 5.80. The number of ether oxygens (including phenoxy) is 1. The summed E-state index contributed by atoms with van der Waals surface area (Å²) in [6.07, 6.45) is -1.05. The van der Waals surface area contributed by atoms with Gasteiger partial charge in [-0.2, -0.15) is 0 Å². The van der Waals surface area contributed by atoms with E-state index in [4.69, 9.17) is 4.74 Å². The van der Waals surface area contributed by atoms with Crippen molar-refractivity contribution < 1.29 is 18.3 Å². The fraction of sp³-hybridized carbons (Fsp3) is 0.333. The molecule has 0 saturated carbocycles. The summed E-state index contributed by atoms with van der Waals surface area (Å²) < 4.78 is 29.9. The summed E-state index contributed by atoms with van der Waals surface area (Å²) in [5.41, 5.74) is 2.64. The van der Waals surface area contributed by atoms with Crippen LogP contribution in [0.2, 0.25) is 0 Å². The number of rotatable bonds is 7. The van der Waals surface area contributed by atoms with E-state index >= 15 is 0 Å². The first-order valence-corrected chi connectivity index (χ1v) is 9.31. The maximum absolute atomic E-state index is 12.1. The van der Waals surface area contributed by atoms with Crippen molar-refractivity contribution in [1.82, 2.24) is 0 Å². The maximum Gasteiger partial charge on any atom is 0.157 e. The van der Waals surface area contributed by atoms with Crippen molar-refractivity contribution in [3.63, 3.8) is 0 Å². The largest absolute Gasteiger partial charge is 0.490 e. The molecule has 0 fully saturated rings. The summed E-state index contributed by atoms with van der Waals surface area (Å²) in [4.78, 5) is 0. The molecule has 23 heavy (non-hydrogen) atoms. The molecule has 0 heterocycles. The van der Waals surface area contributed by atoms with Gasteiger partial charge in [-0.25, -0.2) is 8.42 Å². The molecule has 2 aromatic carbocycles. The van der Waals surface area contributed by atoms with Crippen LogP contribution < -0.4 is 4.74 Å². The van der Waals surface area contributed by atoms with E-state index < -0.39 is 15.9 Å². The molecule has 2 rings (SSSR count). The van der Waals surface area contributed by atoms with Crippen LogP contribution in [0.15, 0.2) is 48.5 Å². The van der Waals surface area contributed by atoms with Gasteiger partial charge in [0, 0.05) is 0 Å². The van der Waals surface area contributed by atoms with Crippen molar-refractivity contribution in [3.8, 4) is 5.75 Å². The Morgan fingerprint density at radius 3 is 2.22 bits per heavy atom. The van der Waals surface area contributed by atoms with Gasteiger partial charge >= 0.3 is 0 Å². The summed E-state index contributed by atoms with van der Waals surface area (Å²) in [7, 11) is -3.39. The van der Waals surface area contributed by atoms with E-state index in [9.17, 15) is 13.5 Å². The zero-order chi connectivity index (χ0) is 16.9. The number of hydrogen-bond donors (Lipinski definition) is 1. The first kappa shape index (κ1) is 17.5. The first-order chi connectivity index (χ1) is 10.9. The molecule has 0 amide bonds. The summed E-state index contributed by atoms with van der Waals surface area (Å²) in [6, 6.07) is 14.7. The van der Waals surface area contributed by atoms with Crippen LogP contribution >= 0.6 is 0 Å². The summed E-state index contributed by atoms with van der Waals surface area (Å²) in [5, 5.41) is 10.0. The van der Waals surface area contributed by atoms with Crippen molar-refractivity contribution >= 4 is 9.84 Å². The van der Waals surface area contributed by atoms with E-state index in [2.05, 4.69) is 0 Å². The molecule has 0 bridgehead atoms. The van der Waals surface area contributed by atoms with E-state index in [-0.39, 0.29) is 18.1 Å². The quantitative estimate of drug-likeness (QED) is 0.845. The third-order valence-corrected chi connectivity index (χ3v) is 5.17. The van der Waals surface area contributed by atoms with E-state index in [1.54, 1.807) is 24.3 Å². The zero-order valence-electron chi connectivity index (χ0n) is 13.4. The topological polar surface area (TPSA) is 63.6 Å². The van der Waals surface area contributed by atoms with Gasteiger partial charge in [-0.1, -0.05) is 48.5 Å². The molecule has 0 radical (unpaired) electrons. The van der Waals surface area contributed by atoms with Gasteiger partial charge < -0.3 is 9.84 Å². The SMILES string of the molecule is Cc1cccc(C)c1OCC(O)CS(=O)(=O)Cc1ccccc1. The number of hydrogen-bond acceptors (Lipinski definition) is 4. The van der Waals surface area contributed by atoms with Crippen molar-refractivity contribution in [1.29, 1.82) is 0 Å². The summed E-state index contributed by atoms with van der Waals surface area (Å²) in [6.45, 7) is 3.79. The lowest BCUT2D eigenvalue weighted by atomic mass is 10.1. The molecular weight excluding hydrogens is 312 g/mol. The molecule has 5 heteroatoms. The van der Waals surface area contributed by atoms with Crippen molar-refractivity contribution in [2.45, 2.75) is 25.7 Å². The van der Waals surface area contributed by atoms with Gasteiger partial charge in [0.25, 0.3) is 0 Å². The minimum absolute atomic E-state index is 0.0420. The van der Waals surface area contributed by atoms with Crippen LogP contribution in [0.5, 0.6) is 5.75 Å². The molecule has 1 N–H and O–H groups in total. The van der Waals surface area contributed by atoms with Crippen molar-refractivity contribution in [2.24, 2.45) is 0 Å². The van der Waals surface area contributed by atoms with Gasteiger partial charge in [-0.05, 0) is 30.5 Å². The van der Waals surface area contributed by atoms with Gasteiger partial charge in [0.15, 0.2) is 9.84 Å². The van der Waals surface area contributed by atoms with Crippen LogP contribution in [-0.2, 0) is 15.6 Å². The lowest BCUT2D eigenvalue weighted by molar-refractivity contribution is 0.124. The Morgan fingerprint density at radius 1 is 1.00 bits per heavy atom. The number of aliphatic hydroxyl groups is 1. The van der Waals surface area contributed by atoms with Gasteiger partial charge in [-0.3, -0.25) is 0 Å². The van der Waals surface area contributed by atoms with Crippen LogP contribution in [-0.4, -0.2) is 32.0 Å². The third kappa shape index (κ3) is 5.37. The predicted octanol–water partition coefficient (Wildman–Crippen LogP) is 2.66. The summed E-state index contributed by atoms with van der Waals surface area (Å²) in [5.74, 6) is 0.313. The van der Waals surface area contributed by atoms with Crippen molar-refractivity contribution in [2.75, 3.05) is 12.4 Å². The van der Waals surface area contributed by atoms with Crippen LogP contribution in [0, 0.1) is 13.8 Å². The molecule has 0 aliphatic rings. The molecule has 0 aromatic heterocycles. The average molecular weight is 334 g/mol. The fourth-order valence-corrected chi connectivity index (χ4v) is 3.94. The second-order valence-electron chi connectivity index (χ2n) is 5.73. The fourth-order valence-electron chi connectivity index (χ4n) is 2.43. The van der Waals surface area contributed by atoms with Gasteiger partial charge in [0.1, 0.15) is 18.5 Å². The highest BCUT2D eigenvalue weighted by Crippen LogP contribution is 2.22. The minimum Gasteiger partial charge on any atom is -0.490 e. The standard InChI is InChI=1S/C18H22O4S/c1-14-7-6-8-15(2)18(14)22-11-17(19)13-23(20,21)12-16-9-4-3-5-10-16/h3-10,17,19H,11-13H2,1-2H3. The van der Waals surface area contributed by atoms with Gasteiger partial charge in [-0.15, -0.1) is 0 Å². The van der Waals surface area contributed by atoms with E-state index in [1.807, 2.05) is 38.1 Å². The van der Waals surface area contributed by atoms with Crippen LogP contribution in [0.3, 0.4) is 0 Å². The summed E-state index contributed by atoms with van der Waals surface area (Å²) >= 11 is 0. The Balaban J connectivity index is 1.92. The number of benzene rings is 2. The highest BCUT2D eigenvalue weighted by molar-refractivity contribution is 7.90. The molecule has 1 atom stereocenters. The maximum atomic E-state index is 12.1. The number of aryl methyl sites for hydroxylation is 2. The van der Waals surface area contributed by atoms with E-state index in [0.717, 1.165) is 16.7 Å². The molecule has 1 unspecified atom stereocenters. The van der Waals surface area contributed by atoms with Crippen LogP contribution in [0.1, 0.15) is 16.7 Å². The smallest absolute Gasteiger partial charge is 0.157 e. The third-order valence-electron chi connectivity index (χ3n) is 3.50. The average Bonchev–Trinajstić information content (AvgIpc) is 2.46. The molecule has 4 nitrogen and oxygen atoms in total. The first-order valence-electron chi connectivity index (χ1n) is 7.49. The Labute approximate surface area is 137 Å². The second kappa shape index (κ2) is 7.62. The number of para-hydroxylation sites is 1. The van der Waals surface area contributed by atoms with E-state index in [1.165, 1.54) is 0 Å². The minimum atomic E-state index is -3.39. The Hall–Kier alpha value is -1.85. The molecule has 124 valence electrons. The molecule has 0 saturated heterocycles. The van der Waals surface area contributed by atoms with Crippen molar-refractivity contribution in [3.05, 3.63) is 65.2 Å². The van der Waals surface area contributed by atoms with Crippen LogP contribution in [0.4, 0.5) is 0 Å². The second-order valence-corrected chi connectivity index (χ2v) is 7.84. The monoisotopic (exact) mass is 334 g/mol. The number of sulfone groups is 1. The van der Waals surface area contributed by atoms with Gasteiger partial charge in [0.2, 0.25) is 0 Å². The zero-order valence-corrected chi connectivity index (χ0v) is 14.2. The van der Waals surface area contributed by atoms with Crippen LogP contribution in [0.25, 0.3) is 0 Å². The van der Waals surface area contributed by atoms with Gasteiger partial charge in [0.05, 0.1) is 11.5 Å². The highest BCUT2D eigenvalue weighted by atomic mass is 32.2. The normalized spacial score (nSPS) is 12.8. The molecule has 0 aliphatic heterocycles. The highest BCUT2D eigenvalue weighted by Gasteiger charge is 2.19. The molecule has 2 aromatic rings. The lowest BCUT2D eigenvalue weighted by Crippen LogP contribution is -2.28. The number of aliphatic hydroxyl groups excluding tert-OH is 1. The molecule has 0 aliphatic carbocycles.